The molecule has 1 aromatic heterocycles. The highest BCUT2D eigenvalue weighted by Gasteiger charge is 2.27. The first-order valence-corrected chi connectivity index (χ1v) is 9.31. The van der Waals surface area contributed by atoms with Crippen molar-refractivity contribution in [1.29, 1.82) is 0 Å². The molecule has 0 radical (unpaired) electrons. The smallest absolute Gasteiger partial charge is 0.142 e. The van der Waals surface area contributed by atoms with Crippen molar-refractivity contribution in [3.8, 4) is 17.2 Å². The van der Waals surface area contributed by atoms with Crippen LogP contribution >= 0.6 is 0 Å². The van der Waals surface area contributed by atoms with Crippen molar-refractivity contribution >= 4 is 38.7 Å². The van der Waals surface area contributed by atoms with Crippen molar-refractivity contribution in [2.75, 3.05) is 14.2 Å². The lowest BCUT2D eigenvalue weighted by molar-refractivity contribution is 0.159. The second-order valence-corrected chi connectivity index (χ2v) is 7.58. The van der Waals surface area contributed by atoms with Gasteiger partial charge in [-0.05, 0) is 42.8 Å². The van der Waals surface area contributed by atoms with Crippen molar-refractivity contribution in [2.45, 2.75) is 19.4 Å². The van der Waals surface area contributed by atoms with E-state index in [0.717, 1.165) is 49.6 Å². The summed E-state index contributed by atoms with van der Waals surface area (Å²) in [5.41, 5.74) is 2.28. The van der Waals surface area contributed by atoms with Gasteiger partial charge in [0.15, 0.2) is 0 Å². The van der Waals surface area contributed by atoms with E-state index in [9.17, 15) is 0 Å². The minimum atomic E-state index is -0.372. The van der Waals surface area contributed by atoms with Crippen molar-refractivity contribution in [3.63, 3.8) is 0 Å². The number of aromatic nitrogens is 1. The zero-order valence-electron chi connectivity index (χ0n) is 16.4. The molecule has 4 heteroatoms. The van der Waals surface area contributed by atoms with Gasteiger partial charge in [0.1, 0.15) is 22.8 Å². The lowest BCUT2D eigenvalue weighted by Gasteiger charge is -2.29. The predicted octanol–water partition coefficient (Wildman–Crippen LogP) is 5.74. The summed E-state index contributed by atoms with van der Waals surface area (Å²) in [4.78, 5) is 5.01. The highest BCUT2D eigenvalue weighted by atomic mass is 16.5. The van der Waals surface area contributed by atoms with Crippen LogP contribution in [0.1, 0.15) is 19.4 Å². The fourth-order valence-electron chi connectivity index (χ4n) is 4.02. The Bertz CT molecular complexity index is 1290. The molecule has 4 aromatic rings. The molecular weight excluding hydrogens is 350 g/mol. The molecule has 0 fully saturated rings. The number of pyridine rings is 1. The number of rotatable bonds is 2. The Morgan fingerprint density at radius 1 is 0.964 bits per heavy atom. The van der Waals surface area contributed by atoms with Crippen LogP contribution in [0.4, 0.5) is 0 Å². The lowest BCUT2D eigenvalue weighted by atomic mass is 9.96. The van der Waals surface area contributed by atoms with E-state index in [2.05, 4.69) is 30.4 Å². The van der Waals surface area contributed by atoms with Gasteiger partial charge in [-0.25, -0.2) is 4.98 Å². The van der Waals surface area contributed by atoms with Gasteiger partial charge >= 0.3 is 0 Å². The number of benzene rings is 3. The van der Waals surface area contributed by atoms with Crippen LogP contribution in [0, 0.1) is 0 Å². The highest BCUT2D eigenvalue weighted by molar-refractivity contribution is 6.16. The molecule has 0 aliphatic carbocycles. The molecule has 28 heavy (non-hydrogen) atoms. The van der Waals surface area contributed by atoms with Crippen LogP contribution in [0.3, 0.4) is 0 Å². The number of hydrogen-bond acceptors (Lipinski definition) is 4. The van der Waals surface area contributed by atoms with Gasteiger partial charge in [0.25, 0.3) is 0 Å². The van der Waals surface area contributed by atoms with Gasteiger partial charge < -0.3 is 14.2 Å². The number of nitrogens with zero attached hydrogens (tertiary/aromatic N) is 1. The maximum Gasteiger partial charge on any atom is 0.142 e. The normalized spacial score (nSPS) is 14.9. The zero-order chi connectivity index (χ0) is 19.5. The summed E-state index contributed by atoms with van der Waals surface area (Å²) in [7, 11) is 3.36. The third-order valence-corrected chi connectivity index (χ3v) is 5.31. The van der Waals surface area contributed by atoms with Gasteiger partial charge in [-0.1, -0.05) is 30.3 Å². The maximum atomic E-state index is 6.18. The molecule has 0 saturated heterocycles. The summed E-state index contributed by atoms with van der Waals surface area (Å²) >= 11 is 0. The van der Waals surface area contributed by atoms with E-state index in [-0.39, 0.29) is 5.60 Å². The number of hydrogen-bond donors (Lipinski definition) is 0. The molecule has 4 nitrogen and oxygen atoms in total. The molecule has 0 unspecified atom stereocenters. The first-order chi connectivity index (χ1) is 13.5. The molecule has 140 valence electrons. The van der Waals surface area contributed by atoms with Gasteiger partial charge in [-0.2, -0.15) is 0 Å². The van der Waals surface area contributed by atoms with Gasteiger partial charge in [0.05, 0.1) is 36.0 Å². The largest absolute Gasteiger partial charge is 0.496 e. The summed E-state index contributed by atoms with van der Waals surface area (Å²) in [6, 6.07) is 14.3. The molecule has 0 atom stereocenters. The van der Waals surface area contributed by atoms with Crippen molar-refractivity contribution < 1.29 is 14.2 Å². The van der Waals surface area contributed by atoms with Gasteiger partial charge in [-0.3, -0.25) is 0 Å². The van der Waals surface area contributed by atoms with Gasteiger partial charge in [-0.15, -0.1) is 0 Å². The average Bonchev–Trinajstić information content (AvgIpc) is 2.70. The fraction of sp³-hybridized carbons (Fsp3) is 0.208. The second kappa shape index (κ2) is 5.86. The van der Waals surface area contributed by atoms with Crippen LogP contribution in [0.25, 0.3) is 38.7 Å². The zero-order valence-corrected chi connectivity index (χ0v) is 16.4. The minimum Gasteiger partial charge on any atom is -0.496 e. The molecule has 5 rings (SSSR count). The molecule has 0 N–H and O–H groups in total. The summed E-state index contributed by atoms with van der Waals surface area (Å²) in [6.07, 6.45) is 4.14. The Balaban J connectivity index is 2.00. The topological polar surface area (TPSA) is 40.6 Å². The van der Waals surface area contributed by atoms with E-state index in [1.54, 1.807) is 14.2 Å². The molecule has 0 amide bonds. The minimum absolute atomic E-state index is 0.372. The number of ether oxygens (including phenoxy) is 3. The Morgan fingerprint density at radius 2 is 1.79 bits per heavy atom. The van der Waals surface area contributed by atoms with Crippen molar-refractivity contribution in [2.24, 2.45) is 0 Å². The summed E-state index contributed by atoms with van der Waals surface area (Å²) in [5, 5.41) is 4.11. The summed E-state index contributed by atoms with van der Waals surface area (Å²) in [5.74, 6) is 2.24. The summed E-state index contributed by atoms with van der Waals surface area (Å²) in [6.45, 7) is 4.06. The van der Waals surface area contributed by atoms with E-state index in [1.807, 2.05) is 38.1 Å². The first kappa shape index (κ1) is 16.9. The summed E-state index contributed by atoms with van der Waals surface area (Å²) < 4.78 is 17.9. The standard InChI is InChI=1S/C24H21NO3/c1-24(2)12-11-16-18(28-24)13-19(26-3)21-22(16)25-17-10-9-14-7-5-6-8-15(14)20(17)23(21)27-4/h5-13H,1-4H3. The first-order valence-electron chi connectivity index (χ1n) is 9.31. The number of methoxy groups -OCH3 is 2. The van der Waals surface area contributed by atoms with Gasteiger partial charge in [0.2, 0.25) is 0 Å². The molecule has 2 heterocycles. The van der Waals surface area contributed by atoms with E-state index in [0.29, 0.717) is 5.75 Å². The Labute approximate surface area is 163 Å². The average molecular weight is 371 g/mol. The highest BCUT2D eigenvalue weighted by Crippen LogP contribution is 2.47. The van der Waals surface area contributed by atoms with E-state index >= 15 is 0 Å². The van der Waals surface area contributed by atoms with Crippen LogP contribution < -0.4 is 14.2 Å². The Kier molecular flexibility index (Phi) is 3.53. The monoisotopic (exact) mass is 371 g/mol. The van der Waals surface area contributed by atoms with E-state index < -0.39 is 0 Å². The third kappa shape index (κ3) is 2.34. The van der Waals surface area contributed by atoms with Crippen molar-refractivity contribution in [1.82, 2.24) is 4.98 Å². The molecule has 0 bridgehead atoms. The van der Waals surface area contributed by atoms with Gasteiger partial charge in [0, 0.05) is 11.6 Å². The van der Waals surface area contributed by atoms with Crippen LogP contribution in [0.15, 0.2) is 48.5 Å². The van der Waals surface area contributed by atoms with Crippen LogP contribution in [0.2, 0.25) is 0 Å². The SMILES string of the molecule is COc1cc2c(c3nc4ccc5ccccc5c4c(OC)c13)C=CC(C)(C)O2. The predicted molar refractivity (Wildman–Crippen MR) is 114 cm³/mol. The van der Waals surface area contributed by atoms with Crippen LogP contribution in [-0.2, 0) is 0 Å². The second-order valence-electron chi connectivity index (χ2n) is 7.58. The van der Waals surface area contributed by atoms with Crippen LogP contribution in [0.5, 0.6) is 17.2 Å². The molecule has 3 aromatic carbocycles. The fourth-order valence-corrected chi connectivity index (χ4v) is 4.02. The van der Waals surface area contributed by atoms with E-state index in [4.69, 9.17) is 19.2 Å². The van der Waals surface area contributed by atoms with E-state index in [1.165, 1.54) is 0 Å². The molecule has 1 aliphatic heterocycles. The quantitative estimate of drug-likeness (QED) is 0.333. The molecule has 0 spiro atoms. The maximum absolute atomic E-state index is 6.18. The lowest BCUT2D eigenvalue weighted by Crippen LogP contribution is -2.27. The van der Waals surface area contributed by atoms with Crippen LogP contribution in [-0.4, -0.2) is 24.8 Å². The Morgan fingerprint density at radius 3 is 2.57 bits per heavy atom. The number of fused-ring (bicyclic) bond motifs is 6. The Hall–Kier alpha value is -3.27. The third-order valence-electron chi connectivity index (χ3n) is 5.31. The molecule has 1 aliphatic rings. The molecule has 0 saturated carbocycles. The van der Waals surface area contributed by atoms with Crippen molar-refractivity contribution in [3.05, 3.63) is 54.1 Å². The molecular formula is C24H21NO3.